The highest BCUT2D eigenvalue weighted by atomic mass is 35.5. The summed E-state index contributed by atoms with van der Waals surface area (Å²) in [5.74, 6) is -0.449. The molecule has 0 atom stereocenters. The number of amides is 1. The Balaban J connectivity index is 2.24. The van der Waals surface area contributed by atoms with E-state index in [-0.39, 0.29) is 23.9 Å². The summed E-state index contributed by atoms with van der Waals surface area (Å²) < 4.78 is 39.5. The Morgan fingerprint density at radius 1 is 1.44 bits per heavy atom. The van der Waals surface area contributed by atoms with Crippen LogP contribution in [0, 0.1) is 0 Å². The quantitative estimate of drug-likeness (QED) is 0.664. The first-order valence-corrected chi connectivity index (χ1v) is 5.30. The molecule has 0 radical (unpaired) electrons. The fourth-order valence-corrected chi connectivity index (χ4v) is 1.15. The van der Waals surface area contributed by atoms with Crippen molar-refractivity contribution >= 4 is 17.5 Å². The van der Waals surface area contributed by atoms with Crippen molar-refractivity contribution in [2.24, 2.45) is 0 Å². The van der Waals surface area contributed by atoms with Gasteiger partial charge in [-0.15, -0.1) is 0 Å². The number of pyridine rings is 1. The Bertz CT molecular complexity index is 395. The van der Waals surface area contributed by atoms with Crippen molar-refractivity contribution in [2.75, 3.05) is 19.8 Å². The number of halogens is 4. The van der Waals surface area contributed by atoms with E-state index in [2.05, 4.69) is 15.0 Å². The molecule has 0 aliphatic carbocycles. The topological polar surface area (TPSA) is 51.2 Å². The van der Waals surface area contributed by atoms with E-state index >= 15 is 0 Å². The van der Waals surface area contributed by atoms with E-state index in [1.165, 1.54) is 18.3 Å². The van der Waals surface area contributed by atoms with Crippen molar-refractivity contribution in [3.8, 4) is 0 Å². The van der Waals surface area contributed by atoms with Crippen molar-refractivity contribution in [3.63, 3.8) is 0 Å². The van der Waals surface area contributed by atoms with Crippen LogP contribution in [-0.2, 0) is 4.74 Å². The number of nitrogens with zero attached hydrogens (tertiary/aromatic N) is 1. The van der Waals surface area contributed by atoms with Gasteiger partial charge in [0.1, 0.15) is 11.8 Å². The minimum atomic E-state index is -4.36. The Hall–Kier alpha value is -1.34. The fourth-order valence-electron chi connectivity index (χ4n) is 1.04. The third-order valence-electron chi connectivity index (χ3n) is 1.79. The second-order valence-electron chi connectivity index (χ2n) is 3.29. The third-order valence-corrected chi connectivity index (χ3v) is 2.01. The van der Waals surface area contributed by atoms with E-state index in [9.17, 15) is 18.0 Å². The van der Waals surface area contributed by atoms with Gasteiger partial charge < -0.3 is 10.1 Å². The molecule has 0 spiro atoms. The van der Waals surface area contributed by atoms with Crippen LogP contribution < -0.4 is 5.32 Å². The van der Waals surface area contributed by atoms with Crippen LogP contribution in [0.1, 0.15) is 10.4 Å². The van der Waals surface area contributed by atoms with Gasteiger partial charge in [-0.1, -0.05) is 11.6 Å². The van der Waals surface area contributed by atoms with Crippen LogP contribution in [0.15, 0.2) is 18.3 Å². The smallest absolute Gasteiger partial charge is 0.370 e. The summed E-state index contributed by atoms with van der Waals surface area (Å²) in [5.41, 5.74) is 0.273. The molecule has 0 aromatic carbocycles. The Kier molecular flexibility index (Phi) is 5.36. The van der Waals surface area contributed by atoms with Crippen molar-refractivity contribution in [2.45, 2.75) is 6.18 Å². The van der Waals surface area contributed by atoms with Crippen LogP contribution >= 0.6 is 11.6 Å². The maximum absolute atomic E-state index is 11.7. The average molecular weight is 283 g/mol. The van der Waals surface area contributed by atoms with Gasteiger partial charge in [-0.25, -0.2) is 4.98 Å². The van der Waals surface area contributed by atoms with Gasteiger partial charge in [0, 0.05) is 12.7 Å². The van der Waals surface area contributed by atoms with Crippen LogP contribution in [0.5, 0.6) is 0 Å². The number of carbonyl (C=O) groups is 1. The van der Waals surface area contributed by atoms with Crippen molar-refractivity contribution in [1.82, 2.24) is 10.3 Å². The molecule has 4 nitrogen and oxygen atoms in total. The van der Waals surface area contributed by atoms with Gasteiger partial charge in [-0.05, 0) is 12.1 Å². The molecule has 0 saturated carbocycles. The highest BCUT2D eigenvalue weighted by Crippen LogP contribution is 2.13. The van der Waals surface area contributed by atoms with Crippen molar-refractivity contribution < 1.29 is 22.7 Å². The van der Waals surface area contributed by atoms with Crippen molar-refractivity contribution in [3.05, 3.63) is 29.0 Å². The lowest BCUT2D eigenvalue weighted by atomic mass is 10.3. The first-order chi connectivity index (χ1) is 8.38. The number of nitrogens with one attached hydrogen (secondary N) is 1. The molecule has 1 heterocycles. The highest BCUT2D eigenvalue weighted by molar-refractivity contribution is 6.29. The molecule has 0 aliphatic rings. The standard InChI is InChI=1S/C10H10ClF3N2O2/c11-8-2-1-7(5-16-8)9(17)15-3-4-18-6-10(12,13)14/h1-2,5H,3-4,6H2,(H,15,17). The van der Waals surface area contributed by atoms with E-state index in [0.717, 1.165) is 0 Å². The maximum atomic E-state index is 11.7. The van der Waals surface area contributed by atoms with Gasteiger partial charge >= 0.3 is 6.18 Å². The van der Waals surface area contributed by atoms with E-state index in [0.29, 0.717) is 0 Å². The number of carbonyl (C=O) groups excluding carboxylic acids is 1. The second-order valence-corrected chi connectivity index (χ2v) is 3.68. The molecule has 0 unspecified atom stereocenters. The summed E-state index contributed by atoms with van der Waals surface area (Å²) in [4.78, 5) is 15.1. The molecule has 100 valence electrons. The molecule has 1 rings (SSSR count). The monoisotopic (exact) mass is 282 g/mol. The lowest BCUT2D eigenvalue weighted by Gasteiger charge is -2.08. The fraction of sp³-hybridized carbons (Fsp3) is 0.400. The van der Waals surface area contributed by atoms with E-state index in [1.54, 1.807) is 0 Å². The summed E-state index contributed by atoms with van der Waals surface area (Å²) >= 11 is 5.54. The third kappa shape index (κ3) is 5.83. The molecular weight excluding hydrogens is 273 g/mol. The minimum absolute atomic E-state index is 0.0163. The van der Waals surface area contributed by atoms with Crippen LogP contribution in [0.3, 0.4) is 0 Å². The molecule has 0 fully saturated rings. The molecule has 0 bridgehead atoms. The SMILES string of the molecule is O=C(NCCOCC(F)(F)F)c1ccc(Cl)nc1. The first kappa shape index (κ1) is 14.7. The van der Waals surface area contributed by atoms with Gasteiger partial charge in [0.2, 0.25) is 0 Å². The molecule has 1 aromatic heterocycles. The zero-order valence-electron chi connectivity index (χ0n) is 9.13. The number of hydrogen-bond acceptors (Lipinski definition) is 3. The van der Waals surface area contributed by atoms with Crippen LogP contribution in [0.2, 0.25) is 5.15 Å². The predicted octanol–water partition coefficient (Wildman–Crippen LogP) is 2.04. The Morgan fingerprint density at radius 3 is 2.72 bits per heavy atom. The zero-order valence-corrected chi connectivity index (χ0v) is 9.88. The van der Waals surface area contributed by atoms with E-state index < -0.39 is 18.7 Å². The number of alkyl halides is 3. The van der Waals surface area contributed by atoms with Crippen LogP contribution in [0.4, 0.5) is 13.2 Å². The van der Waals surface area contributed by atoms with Crippen molar-refractivity contribution in [1.29, 1.82) is 0 Å². The lowest BCUT2D eigenvalue weighted by Crippen LogP contribution is -2.28. The van der Waals surface area contributed by atoms with Crippen LogP contribution in [0.25, 0.3) is 0 Å². The minimum Gasteiger partial charge on any atom is -0.370 e. The molecule has 8 heteroatoms. The molecule has 1 N–H and O–H groups in total. The van der Waals surface area contributed by atoms with E-state index in [4.69, 9.17) is 11.6 Å². The van der Waals surface area contributed by atoms with Gasteiger partial charge in [-0.2, -0.15) is 13.2 Å². The lowest BCUT2D eigenvalue weighted by molar-refractivity contribution is -0.173. The largest absolute Gasteiger partial charge is 0.411 e. The normalized spacial score (nSPS) is 11.3. The molecule has 1 aromatic rings. The highest BCUT2D eigenvalue weighted by Gasteiger charge is 2.27. The summed E-state index contributed by atoms with van der Waals surface area (Å²) in [6, 6.07) is 2.90. The molecule has 1 amide bonds. The average Bonchev–Trinajstić information content (AvgIpc) is 2.27. The summed E-state index contributed by atoms with van der Waals surface area (Å²) in [5, 5.41) is 2.64. The van der Waals surface area contributed by atoms with Gasteiger partial charge in [-0.3, -0.25) is 4.79 Å². The zero-order chi connectivity index (χ0) is 13.6. The molecule has 18 heavy (non-hydrogen) atoms. The first-order valence-electron chi connectivity index (χ1n) is 4.93. The number of ether oxygens (including phenoxy) is 1. The Labute approximate surface area is 106 Å². The molecule has 0 aliphatic heterocycles. The molecule has 0 saturated heterocycles. The number of rotatable bonds is 5. The summed E-state index contributed by atoms with van der Waals surface area (Å²) in [6.07, 6.45) is -3.08. The number of aromatic nitrogens is 1. The van der Waals surface area contributed by atoms with Gasteiger partial charge in [0.05, 0.1) is 12.2 Å². The van der Waals surface area contributed by atoms with Crippen LogP contribution in [-0.4, -0.2) is 36.8 Å². The summed E-state index contributed by atoms with van der Waals surface area (Å²) in [7, 11) is 0. The number of hydrogen-bond donors (Lipinski definition) is 1. The predicted molar refractivity (Wildman–Crippen MR) is 58.5 cm³/mol. The maximum Gasteiger partial charge on any atom is 0.411 e. The van der Waals surface area contributed by atoms with E-state index in [1.807, 2.05) is 0 Å². The van der Waals surface area contributed by atoms with Gasteiger partial charge in [0.25, 0.3) is 5.91 Å². The molecular formula is C10H10ClF3N2O2. The Morgan fingerprint density at radius 2 is 2.17 bits per heavy atom. The summed E-state index contributed by atoms with van der Waals surface area (Å²) in [6.45, 7) is -1.56. The van der Waals surface area contributed by atoms with Gasteiger partial charge in [0.15, 0.2) is 0 Å². The second kappa shape index (κ2) is 6.55.